The van der Waals surface area contributed by atoms with Crippen LogP contribution in [0.5, 0.6) is 0 Å². The molecule has 0 aliphatic carbocycles. The molecule has 17 heavy (non-hydrogen) atoms. The fraction of sp³-hybridized carbons (Fsp3) is 1.00. The quantitative estimate of drug-likeness (QED) is 0.695. The summed E-state index contributed by atoms with van der Waals surface area (Å²) < 4.78 is 23.2. The molecule has 3 nitrogen and oxygen atoms in total. The summed E-state index contributed by atoms with van der Waals surface area (Å²) in [4.78, 5) is 0. The molecule has 0 bridgehead atoms. The highest BCUT2D eigenvalue weighted by molar-refractivity contribution is 7.91. The normalized spacial score (nSPS) is 17.7. The van der Waals surface area contributed by atoms with Gasteiger partial charge in [-0.05, 0) is 26.3 Å². The fourth-order valence-electron chi connectivity index (χ4n) is 2.18. The zero-order chi connectivity index (χ0) is 13.5. The van der Waals surface area contributed by atoms with Crippen LogP contribution in [0.3, 0.4) is 0 Å². The first kappa shape index (κ1) is 16.9. The van der Waals surface area contributed by atoms with E-state index in [9.17, 15) is 8.42 Å². The van der Waals surface area contributed by atoms with Gasteiger partial charge >= 0.3 is 0 Å². The lowest BCUT2D eigenvalue weighted by molar-refractivity contribution is 0.354. The van der Waals surface area contributed by atoms with E-state index in [0.717, 1.165) is 12.8 Å². The molecule has 0 saturated carbocycles. The molecule has 0 aromatic heterocycles. The zero-order valence-corrected chi connectivity index (χ0v) is 12.8. The van der Waals surface area contributed by atoms with E-state index in [1.165, 1.54) is 25.5 Å². The Morgan fingerprint density at radius 3 is 2.18 bits per heavy atom. The maximum atomic E-state index is 11.6. The third-order valence-corrected chi connectivity index (χ3v) is 5.42. The Balaban J connectivity index is 4.46. The molecule has 0 aliphatic rings. The minimum atomic E-state index is -2.95. The Labute approximate surface area is 107 Å². The van der Waals surface area contributed by atoms with Gasteiger partial charge in [-0.15, -0.1) is 0 Å². The Morgan fingerprint density at radius 2 is 1.82 bits per heavy atom. The van der Waals surface area contributed by atoms with Crippen molar-refractivity contribution in [2.45, 2.75) is 64.2 Å². The molecule has 0 aromatic rings. The monoisotopic (exact) mass is 263 g/mol. The van der Waals surface area contributed by atoms with Crippen molar-refractivity contribution < 1.29 is 8.42 Å². The SMILES string of the molecule is CCCCC(CC)CC(NC)C(C)S(C)(=O)=O. The largest absolute Gasteiger partial charge is 0.316 e. The first-order chi connectivity index (χ1) is 7.86. The highest BCUT2D eigenvalue weighted by atomic mass is 32.2. The van der Waals surface area contributed by atoms with Crippen LogP contribution < -0.4 is 5.32 Å². The zero-order valence-electron chi connectivity index (χ0n) is 12.0. The van der Waals surface area contributed by atoms with Gasteiger partial charge in [0.25, 0.3) is 0 Å². The Morgan fingerprint density at radius 1 is 1.24 bits per heavy atom. The maximum Gasteiger partial charge on any atom is 0.151 e. The average Bonchev–Trinajstić information content (AvgIpc) is 2.27. The molecule has 0 rings (SSSR count). The number of hydrogen-bond donors (Lipinski definition) is 1. The van der Waals surface area contributed by atoms with E-state index in [2.05, 4.69) is 19.2 Å². The molecule has 0 aliphatic heterocycles. The van der Waals surface area contributed by atoms with Gasteiger partial charge in [0.1, 0.15) is 0 Å². The van der Waals surface area contributed by atoms with Gasteiger partial charge in [-0.3, -0.25) is 0 Å². The number of nitrogens with one attached hydrogen (secondary N) is 1. The summed E-state index contributed by atoms with van der Waals surface area (Å²) in [6.07, 6.45) is 7.08. The number of rotatable bonds is 9. The van der Waals surface area contributed by atoms with Crippen LogP contribution in [0, 0.1) is 5.92 Å². The smallest absolute Gasteiger partial charge is 0.151 e. The number of hydrogen-bond acceptors (Lipinski definition) is 3. The second-order valence-electron chi connectivity index (χ2n) is 5.08. The molecule has 3 atom stereocenters. The van der Waals surface area contributed by atoms with Crippen LogP contribution in [0.2, 0.25) is 0 Å². The van der Waals surface area contributed by atoms with E-state index in [1.54, 1.807) is 0 Å². The Hall–Kier alpha value is -0.0900. The maximum absolute atomic E-state index is 11.6. The van der Waals surface area contributed by atoms with E-state index in [4.69, 9.17) is 0 Å². The molecule has 4 heteroatoms. The molecule has 0 amide bonds. The van der Waals surface area contributed by atoms with Gasteiger partial charge in [0.2, 0.25) is 0 Å². The fourth-order valence-corrected chi connectivity index (χ4v) is 3.03. The molecule has 104 valence electrons. The van der Waals surface area contributed by atoms with Crippen molar-refractivity contribution in [3.8, 4) is 0 Å². The van der Waals surface area contributed by atoms with Crippen LogP contribution in [0.1, 0.15) is 52.9 Å². The summed E-state index contributed by atoms with van der Waals surface area (Å²) in [5.74, 6) is 0.636. The highest BCUT2D eigenvalue weighted by Crippen LogP contribution is 2.21. The van der Waals surface area contributed by atoms with Crippen molar-refractivity contribution in [2.24, 2.45) is 5.92 Å². The van der Waals surface area contributed by atoms with E-state index < -0.39 is 9.84 Å². The molecule has 0 radical (unpaired) electrons. The summed E-state index contributed by atoms with van der Waals surface area (Å²) in [5.41, 5.74) is 0. The van der Waals surface area contributed by atoms with E-state index in [-0.39, 0.29) is 11.3 Å². The average molecular weight is 263 g/mol. The lowest BCUT2D eigenvalue weighted by Gasteiger charge is -2.26. The van der Waals surface area contributed by atoms with Gasteiger partial charge < -0.3 is 5.32 Å². The number of unbranched alkanes of at least 4 members (excludes halogenated alkanes) is 1. The van der Waals surface area contributed by atoms with Gasteiger partial charge in [-0.25, -0.2) is 8.42 Å². The highest BCUT2D eigenvalue weighted by Gasteiger charge is 2.26. The molecule has 0 fully saturated rings. The van der Waals surface area contributed by atoms with Crippen LogP contribution in [-0.4, -0.2) is 33.0 Å². The van der Waals surface area contributed by atoms with Crippen molar-refractivity contribution in [1.82, 2.24) is 5.32 Å². The standard InChI is InChI=1S/C13H29NO2S/c1-6-8-9-12(7-2)10-13(14-4)11(3)17(5,15)16/h11-14H,6-10H2,1-5H3. The predicted molar refractivity (Wildman–Crippen MR) is 75.1 cm³/mol. The van der Waals surface area contributed by atoms with Gasteiger partial charge in [0, 0.05) is 12.3 Å². The Bertz CT molecular complexity index is 288. The van der Waals surface area contributed by atoms with Crippen LogP contribution in [0.4, 0.5) is 0 Å². The molecule has 1 N–H and O–H groups in total. The summed E-state index contributed by atoms with van der Waals surface area (Å²) in [7, 11) is -1.09. The van der Waals surface area contributed by atoms with E-state index in [1.807, 2.05) is 14.0 Å². The molecular formula is C13H29NO2S. The summed E-state index contributed by atoms with van der Waals surface area (Å²) >= 11 is 0. The van der Waals surface area contributed by atoms with Crippen LogP contribution in [0.15, 0.2) is 0 Å². The van der Waals surface area contributed by atoms with Gasteiger partial charge in [-0.1, -0.05) is 39.5 Å². The third-order valence-electron chi connectivity index (χ3n) is 3.74. The molecule has 0 saturated heterocycles. The van der Waals surface area contributed by atoms with Crippen LogP contribution in [-0.2, 0) is 9.84 Å². The summed E-state index contributed by atoms with van der Waals surface area (Å²) in [6, 6.07) is 0.0757. The van der Waals surface area contributed by atoms with Gasteiger partial charge in [0.05, 0.1) is 5.25 Å². The second kappa shape index (κ2) is 8.09. The van der Waals surface area contributed by atoms with Gasteiger partial charge in [0.15, 0.2) is 9.84 Å². The molecule has 0 spiro atoms. The number of sulfone groups is 1. The molecule has 0 heterocycles. The lowest BCUT2D eigenvalue weighted by Crippen LogP contribution is -2.41. The first-order valence-electron chi connectivity index (χ1n) is 6.72. The molecule has 0 aromatic carbocycles. The predicted octanol–water partition coefficient (Wildman–Crippen LogP) is 2.61. The van der Waals surface area contributed by atoms with Crippen molar-refractivity contribution in [2.75, 3.05) is 13.3 Å². The molecular weight excluding hydrogens is 234 g/mol. The lowest BCUT2D eigenvalue weighted by atomic mass is 9.91. The van der Waals surface area contributed by atoms with Gasteiger partial charge in [-0.2, -0.15) is 0 Å². The minimum absolute atomic E-state index is 0.0757. The van der Waals surface area contributed by atoms with Crippen molar-refractivity contribution in [3.63, 3.8) is 0 Å². The van der Waals surface area contributed by atoms with E-state index in [0.29, 0.717) is 5.92 Å². The van der Waals surface area contributed by atoms with Crippen LogP contribution >= 0.6 is 0 Å². The summed E-state index contributed by atoms with van der Waals surface area (Å²) in [6.45, 7) is 6.20. The van der Waals surface area contributed by atoms with Crippen LogP contribution in [0.25, 0.3) is 0 Å². The third kappa shape index (κ3) is 6.41. The second-order valence-corrected chi connectivity index (χ2v) is 7.48. The minimum Gasteiger partial charge on any atom is -0.316 e. The Kier molecular flexibility index (Phi) is 8.05. The first-order valence-corrected chi connectivity index (χ1v) is 8.68. The van der Waals surface area contributed by atoms with E-state index >= 15 is 0 Å². The topological polar surface area (TPSA) is 46.2 Å². The van der Waals surface area contributed by atoms with Crippen molar-refractivity contribution in [3.05, 3.63) is 0 Å². The van der Waals surface area contributed by atoms with Crippen molar-refractivity contribution >= 4 is 9.84 Å². The van der Waals surface area contributed by atoms with Crippen molar-refractivity contribution in [1.29, 1.82) is 0 Å². The summed E-state index contributed by atoms with van der Waals surface area (Å²) in [5, 5.41) is 2.87. The molecule has 3 unspecified atom stereocenters.